The van der Waals surface area contributed by atoms with E-state index in [2.05, 4.69) is 5.32 Å². The van der Waals surface area contributed by atoms with Crippen LogP contribution >= 0.6 is 11.8 Å². The predicted molar refractivity (Wildman–Crippen MR) is 112 cm³/mol. The maximum Gasteiger partial charge on any atom is 0.271 e. The molecule has 3 aromatic rings. The number of nitrogens with two attached hydrogens (primary N) is 1. The van der Waals surface area contributed by atoms with Gasteiger partial charge in [0.25, 0.3) is 11.5 Å². The number of nitriles is 1. The molecule has 6 nitrogen and oxygen atoms in total. The summed E-state index contributed by atoms with van der Waals surface area (Å²) in [5, 5.41) is 12.3. The molecular formula is C21H18N4O2S. The van der Waals surface area contributed by atoms with Crippen molar-refractivity contribution in [1.29, 1.82) is 5.26 Å². The van der Waals surface area contributed by atoms with E-state index >= 15 is 0 Å². The molecule has 7 heteroatoms. The molecule has 1 amide bonds. The minimum absolute atomic E-state index is 0.0330. The Morgan fingerprint density at radius 1 is 1.14 bits per heavy atom. The molecule has 28 heavy (non-hydrogen) atoms. The summed E-state index contributed by atoms with van der Waals surface area (Å²) in [4.78, 5) is 26.1. The van der Waals surface area contributed by atoms with Crippen molar-refractivity contribution in [3.8, 4) is 6.07 Å². The van der Waals surface area contributed by atoms with Crippen molar-refractivity contribution in [1.82, 2.24) is 4.57 Å². The average Bonchev–Trinajstić information content (AvgIpc) is 2.72. The number of anilines is 2. The number of benzene rings is 2. The van der Waals surface area contributed by atoms with Crippen LogP contribution in [-0.2, 0) is 6.54 Å². The van der Waals surface area contributed by atoms with Gasteiger partial charge >= 0.3 is 0 Å². The van der Waals surface area contributed by atoms with E-state index < -0.39 is 11.5 Å². The number of pyridine rings is 1. The first-order valence-corrected chi connectivity index (χ1v) is 9.70. The Morgan fingerprint density at radius 2 is 1.75 bits per heavy atom. The fraction of sp³-hybridized carbons (Fsp3) is 0.0952. The number of nitrogens with zero attached hydrogens (tertiary/aromatic N) is 2. The van der Waals surface area contributed by atoms with Crippen LogP contribution in [-0.4, -0.2) is 16.7 Å². The normalized spacial score (nSPS) is 10.3. The minimum Gasteiger partial charge on any atom is -0.384 e. The number of carbonyl (C=O) groups is 1. The Bertz CT molecular complexity index is 1100. The van der Waals surface area contributed by atoms with Gasteiger partial charge in [0, 0.05) is 10.6 Å². The van der Waals surface area contributed by atoms with E-state index in [4.69, 9.17) is 5.73 Å². The molecule has 0 radical (unpaired) electrons. The molecule has 140 valence electrons. The van der Waals surface area contributed by atoms with Crippen LogP contribution in [0.5, 0.6) is 0 Å². The highest BCUT2D eigenvalue weighted by atomic mass is 32.2. The second-order valence-corrected chi connectivity index (χ2v) is 6.79. The number of hydrogen-bond acceptors (Lipinski definition) is 5. The first-order chi connectivity index (χ1) is 13.6. The van der Waals surface area contributed by atoms with Gasteiger partial charge in [0.1, 0.15) is 17.5 Å². The van der Waals surface area contributed by atoms with E-state index in [1.54, 1.807) is 30.5 Å². The standard InChI is InChI=1S/C21H18N4O2S/c1-28-18-16(12-22)21(27)25(13-14-8-4-2-5-9-14)19(23)17(18)20(26)24-15-10-6-3-7-11-15/h2-11H,13,23H2,1H3,(H,24,26). The molecule has 0 saturated heterocycles. The van der Waals surface area contributed by atoms with Crippen LogP contribution in [0.1, 0.15) is 21.5 Å². The van der Waals surface area contributed by atoms with Gasteiger partial charge in [0.2, 0.25) is 0 Å². The number of hydrogen-bond donors (Lipinski definition) is 2. The quantitative estimate of drug-likeness (QED) is 0.651. The summed E-state index contributed by atoms with van der Waals surface area (Å²) in [6, 6.07) is 20.1. The maximum atomic E-state index is 13.0. The Kier molecular flexibility index (Phi) is 5.82. The van der Waals surface area contributed by atoms with Crippen molar-refractivity contribution in [2.45, 2.75) is 11.4 Å². The molecule has 0 fully saturated rings. The van der Waals surface area contributed by atoms with Crippen LogP contribution in [0, 0.1) is 11.3 Å². The third-order valence-electron chi connectivity index (χ3n) is 4.22. The summed E-state index contributed by atoms with van der Waals surface area (Å²) >= 11 is 1.15. The van der Waals surface area contributed by atoms with Gasteiger partial charge in [-0.05, 0) is 24.0 Å². The summed E-state index contributed by atoms with van der Waals surface area (Å²) < 4.78 is 1.27. The van der Waals surface area contributed by atoms with Crippen molar-refractivity contribution in [3.05, 3.63) is 87.7 Å². The zero-order valence-electron chi connectivity index (χ0n) is 15.2. The van der Waals surface area contributed by atoms with Gasteiger partial charge in [-0.25, -0.2) is 0 Å². The number of aromatic nitrogens is 1. The molecule has 0 bridgehead atoms. The van der Waals surface area contributed by atoms with Crippen molar-refractivity contribution < 1.29 is 4.79 Å². The first-order valence-electron chi connectivity index (χ1n) is 8.47. The number of thioether (sulfide) groups is 1. The third kappa shape index (κ3) is 3.77. The SMILES string of the molecule is CSc1c(C(=O)Nc2ccccc2)c(N)n(Cc2ccccc2)c(=O)c1C#N. The lowest BCUT2D eigenvalue weighted by atomic mass is 10.1. The van der Waals surface area contributed by atoms with E-state index in [0.29, 0.717) is 5.69 Å². The fourth-order valence-corrected chi connectivity index (χ4v) is 3.62. The van der Waals surface area contributed by atoms with Gasteiger partial charge in [-0.15, -0.1) is 11.8 Å². The van der Waals surface area contributed by atoms with E-state index in [0.717, 1.165) is 17.3 Å². The minimum atomic E-state index is -0.510. The van der Waals surface area contributed by atoms with Gasteiger partial charge in [-0.3, -0.25) is 14.2 Å². The monoisotopic (exact) mass is 390 g/mol. The molecule has 0 aliphatic heterocycles. The van der Waals surface area contributed by atoms with Crippen LogP contribution in [0.3, 0.4) is 0 Å². The number of nitrogens with one attached hydrogen (secondary N) is 1. The number of para-hydroxylation sites is 1. The van der Waals surface area contributed by atoms with Gasteiger partial charge in [-0.1, -0.05) is 48.5 Å². The fourth-order valence-electron chi connectivity index (χ4n) is 2.88. The van der Waals surface area contributed by atoms with E-state index in [1.807, 2.05) is 42.5 Å². The Labute approximate surface area is 166 Å². The molecule has 2 aromatic carbocycles. The van der Waals surface area contributed by atoms with Crippen LogP contribution in [0.2, 0.25) is 0 Å². The topological polar surface area (TPSA) is 101 Å². The molecular weight excluding hydrogens is 372 g/mol. The largest absolute Gasteiger partial charge is 0.384 e. The summed E-state index contributed by atoms with van der Waals surface area (Å²) in [6.45, 7) is 0.167. The van der Waals surface area contributed by atoms with Crippen molar-refractivity contribution >= 4 is 29.2 Å². The Morgan fingerprint density at radius 3 is 2.32 bits per heavy atom. The zero-order chi connectivity index (χ0) is 20.1. The highest BCUT2D eigenvalue weighted by Crippen LogP contribution is 2.28. The van der Waals surface area contributed by atoms with E-state index in [9.17, 15) is 14.9 Å². The van der Waals surface area contributed by atoms with Crippen molar-refractivity contribution in [2.75, 3.05) is 17.3 Å². The predicted octanol–water partition coefficient (Wildman–Crippen LogP) is 3.32. The van der Waals surface area contributed by atoms with Gasteiger partial charge in [-0.2, -0.15) is 5.26 Å². The van der Waals surface area contributed by atoms with Crippen LogP contribution in [0.4, 0.5) is 11.5 Å². The summed E-state index contributed by atoms with van der Waals surface area (Å²) in [6.07, 6.45) is 1.70. The molecule has 1 heterocycles. The van der Waals surface area contributed by atoms with Crippen LogP contribution in [0.25, 0.3) is 0 Å². The highest BCUT2D eigenvalue weighted by molar-refractivity contribution is 7.98. The lowest BCUT2D eigenvalue weighted by molar-refractivity contribution is 0.102. The van der Waals surface area contributed by atoms with Gasteiger partial charge in [0.15, 0.2) is 0 Å². The molecule has 0 saturated carbocycles. The van der Waals surface area contributed by atoms with Crippen molar-refractivity contribution in [2.24, 2.45) is 0 Å². The number of rotatable bonds is 5. The molecule has 0 atom stereocenters. The number of nitrogen functional groups attached to an aromatic ring is 1. The number of carbonyl (C=O) groups excluding carboxylic acids is 1. The summed E-state index contributed by atoms with van der Waals surface area (Å²) in [5.74, 6) is -0.433. The van der Waals surface area contributed by atoms with Crippen LogP contribution in [0.15, 0.2) is 70.4 Å². The van der Waals surface area contributed by atoms with E-state index in [1.165, 1.54) is 4.57 Å². The summed E-state index contributed by atoms with van der Waals surface area (Å²) in [5.41, 5.74) is 7.23. The average molecular weight is 390 g/mol. The molecule has 3 N–H and O–H groups in total. The molecule has 3 rings (SSSR count). The molecule has 0 unspecified atom stereocenters. The van der Waals surface area contributed by atoms with Crippen LogP contribution < -0.4 is 16.6 Å². The third-order valence-corrected chi connectivity index (χ3v) is 5.03. The Hall–Kier alpha value is -3.50. The highest BCUT2D eigenvalue weighted by Gasteiger charge is 2.25. The van der Waals surface area contributed by atoms with Gasteiger partial charge < -0.3 is 11.1 Å². The Balaban J connectivity index is 2.15. The lowest BCUT2D eigenvalue weighted by Crippen LogP contribution is -2.30. The summed E-state index contributed by atoms with van der Waals surface area (Å²) in [7, 11) is 0. The second-order valence-electron chi connectivity index (χ2n) is 5.98. The number of amides is 1. The molecule has 0 spiro atoms. The van der Waals surface area contributed by atoms with Crippen molar-refractivity contribution in [3.63, 3.8) is 0 Å². The molecule has 0 aliphatic carbocycles. The lowest BCUT2D eigenvalue weighted by Gasteiger charge is -2.18. The second kappa shape index (κ2) is 8.46. The zero-order valence-corrected chi connectivity index (χ0v) is 16.0. The molecule has 0 aliphatic rings. The first kappa shape index (κ1) is 19.3. The molecule has 1 aromatic heterocycles. The van der Waals surface area contributed by atoms with E-state index in [-0.39, 0.29) is 28.4 Å². The smallest absolute Gasteiger partial charge is 0.271 e. The van der Waals surface area contributed by atoms with Gasteiger partial charge in [0.05, 0.1) is 12.1 Å². The maximum absolute atomic E-state index is 13.0.